The van der Waals surface area contributed by atoms with E-state index in [2.05, 4.69) is 42.5 Å². The van der Waals surface area contributed by atoms with E-state index in [0.717, 1.165) is 33.3 Å². The lowest BCUT2D eigenvalue weighted by Crippen LogP contribution is -2.43. The van der Waals surface area contributed by atoms with Crippen molar-refractivity contribution in [3.63, 3.8) is 0 Å². The van der Waals surface area contributed by atoms with Gasteiger partial charge in [0.1, 0.15) is 23.8 Å². The van der Waals surface area contributed by atoms with Gasteiger partial charge in [0.15, 0.2) is 0 Å². The topological polar surface area (TPSA) is 89.1 Å². The summed E-state index contributed by atoms with van der Waals surface area (Å²) in [6.45, 7) is 7.50. The lowest BCUT2D eigenvalue weighted by molar-refractivity contribution is 0.0487. The number of nitrogens with zero attached hydrogens (tertiary/aromatic N) is 2. The van der Waals surface area contributed by atoms with Gasteiger partial charge in [0.25, 0.3) is 0 Å². The summed E-state index contributed by atoms with van der Waals surface area (Å²) in [5.41, 5.74) is 3.84. The van der Waals surface area contributed by atoms with Crippen molar-refractivity contribution >= 4 is 32.9 Å². The van der Waals surface area contributed by atoms with Crippen LogP contribution >= 0.6 is 15.9 Å². The number of carbonyl (C=O) groups excluding carboxylic acids is 1. The number of nitrogens with one attached hydrogen (secondary N) is 2. The first-order valence-electron chi connectivity index (χ1n) is 11.5. The van der Waals surface area contributed by atoms with Crippen molar-refractivity contribution in [3.8, 4) is 16.9 Å². The maximum absolute atomic E-state index is 14.1. The fourth-order valence-corrected chi connectivity index (χ4v) is 3.99. The van der Waals surface area contributed by atoms with E-state index in [-0.39, 0.29) is 12.4 Å². The minimum atomic E-state index is -0.647. The van der Waals surface area contributed by atoms with Gasteiger partial charge in [-0.15, -0.1) is 0 Å². The Morgan fingerprint density at radius 3 is 2.69 bits per heavy atom. The predicted molar refractivity (Wildman–Crippen MR) is 141 cm³/mol. The molecular weight excluding hydrogens is 527 g/mol. The average molecular weight is 555 g/mol. The van der Waals surface area contributed by atoms with Gasteiger partial charge in [-0.1, -0.05) is 12.1 Å². The van der Waals surface area contributed by atoms with Crippen LogP contribution in [0.3, 0.4) is 0 Å². The van der Waals surface area contributed by atoms with E-state index in [1.807, 2.05) is 25.1 Å². The number of alkyl carbamates (subject to hydrolysis) is 1. The molecule has 0 radical (unpaired) electrons. The molecule has 0 aliphatic rings. The van der Waals surface area contributed by atoms with Crippen molar-refractivity contribution in [1.29, 1.82) is 0 Å². The Bertz CT molecular complexity index is 1380. The maximum Gasteiger partial charge on any atom is 0.408 e. The molecule has 1 atom stereocenters. The number of rotatable bonds is 7. The van der Waals surface area contributed by atoms with E-state index in [9.17, 15) is 9.18 Å². The Labute approximate surface area is 217 Å². The number of halogens is 2. The standard InChI is InChI=1S/C27H28BrFN4O3/c1-16-22-12-18(6-8-25(22)33-32-16)19-11-21(14-30-13-19)35-15-20(31-26(34)36-27(2,3)4)9-17-5-7-23(28)24(29)10-17/h5-8,10-14,20H,9,15H2,1-4H3,(H,31,34)(H,32,33)/t20-/m0/s1. The van der Waals surface area contributed by atoms with Gasteiger partial charge in [-0.25, -0.2) is 9.18 Å². The van der Waals surface area contributed by atoms with Crippen LogP contribution in [-0.4, -0.2) is 39.5 Å². The van der Waals surface area contributed by atoms with Crippen LogP contribution in [0.15, 0.2) is 59.3 Å². The van der Waals surface area contributed by atoms with Crippen molar-refractivity contribution in [2.45, 2.75) is 45.8 Å². The molecule has 1 amide bonds. The fourth-order valence-electron chi connectivity index (χ4n) is 3.75. The minimum absolute atomic E-state index is 0.141. The van der Waals surface area contributed by atoms with Crippen LogP contribution in [-0.2, 0) is 11.2 Å². The van der Waals surface area contributed by atoms with Crippen LogP contribution in [0.5, 0.6) is 5.75 Å². The Balaban J connectivity index is 1.50. The molecule has 0 saturated heterocycles. The van der Waals surface area contributed by atoms with Crippen molar-refractivity contribution in [1.82, 2.24) is 20.5 Å². The number of benzene rings is 2. The average Bonchev–Trinajstić information content (AvgIpc) is 3.19. The molecule has 7 nitrogen and oxygen atoms in total. The zero-order valence-corrected chi connectivity index (χ0v) is 22.1. The summed E-state index contributed by atoms with van der Waals surface area (Å²) in [7, 11) is 0. The number of aromatic nitrogens is 3. The highest BCUT2D eigenvalue weighted by Crippen LogP contribution is 2.27. The van der Waals surface area contributed by atoms with Crippen LogP contribution in [0.1, 0.15) is 32.0 Å². The third kappa shape index (κ3) is 6.60. The van der Waals surface area contributed by atoms with Crippen LogP contribution < -0.4 is 10.1 Å². The molecule has 2 aromatic carbocycles. The summed E-state index contributed by atoms with van der Waals surface area (Å²) in [4.78, 5) is 16.8. The quantitative estimate of drug-likeness (QED) is 0.278. The van der Waals surface area contributed by atoms with Gasteiger partial charge in [-0.2, -0.15) is 5.10 Å². The second kappa shape index (κ2) is 10.7. The molecule has 36 heavy (non-hydrogen) atoms. The number of aromatic amines is 1. The van der Waals surface area contributed by atoms with Gasteiger partial charge in [0.05, 0.1) is 22.2 Å². The highest BCUT2D eigenvalue weighted by atomic mass is 79.9. The van der Waals surface area contributed by atoms with E-state index in [4.69, 9.17) is 9.47 Å². The van der Waals surface area contributed by atoms with Gasteiger partial charge >= 0.3 is 6.09 Å². The number of ether oxygens (including phenoxy) is 2. The third-order valence-corrected chi connectivity index (χ3v) is 6.07. The van der Waals surface area contributed by atoms with Crippen molar-refractivity contribution in [3.05, 3.63) is 76.4 Å². The SMILES string of the molecule is Cc1[nH]nc2ccc(-c3cncc(OC[C@H](Cc4ccc(Br)c(F)c4)NC(=O)OC(C)(C)C)c3)cc12. The third-order valence-electron chi connectivity index (χ3n) is 5.43. The monoisotopic (exact) mass is 554 g/mol. The summed E-state index contributed by atoms with van der Waals surface area (Å²) < 4.78 is 25.9. The minimum Gasteiger partial charge on any atom is -0.490 e. The number of hydrogen-bond donors (Lipinski definition) is 2. The van der Waals surface area contributed by atoms with E-state index < -0.39 is 17.7 Å². The van der Waals surface area contributed by atoms with Gasteiger partial charge in [0.2, 0.25) is 0 Å². The van der Waals surface area contributed by atoms with Crippen molar-refractivity contribution < 1.29 is 18.7 Å². The Morgan fingerprint density at radius 1 is 1.14 bits per heavy atom. The van der Waals surface area contributed by atoms with Gasteiger partial charge < -0.3 is 14.8 Å². The first-order chi connectivity index (χ1) is 17.1. The number of H-pyrrole nitrogens is 1. The van der Waals surface area contributed by atoms with Gasteiger partial charge in [-0.05, 0) is 91.5 Å². The molecule has 0 spiro atoms. The zero-order valence-electron chi connectivity index (χ0n) is 20.6. The fraction of sp³-hybridized carbons (Fsp3) is 0.296. The molecule has 0 aliphatic carbocycles. The number of amides is 1. The molecule has 2 heterocycles. The molecule has 9 heteroatoms. The summed E-state index contributed by atoms with van der Waals surface area (Å²) >= 11 is 3.17. The Morgan fingerprint density at radius 2 is 1.94 bits per heavy atom. The number of fused-ring (bicyclic) bond motifs is 1. The zero-order chi connectivity index (χ0) is 25.9. The summed E-state index contributed by atoms with van der Waals surface area (Å²) in [5.74, 6) is 0.181. The Hall–Kier alpha value is -3.46. The molecule has 0 bridgehead atoms. The van der Waals surface area contributed by atoms with E-state index in [1.54, 1.807) is 45.3 Å². The first-order valence-corrected chi connectivity index (χ1v) is 12.3. The Kier molecular flexibility index (Phi) is 7.59. The van der Waals surface area contributed by atoms with Crippen LogP contribution in [0.25, 0.3) is 22.0 Å². The predicted octanol–water partition coefficient (Wildman–Crippen LogP) is 6.35. The van der Waals surface area contributed by atoms with Gasteiger partial charge in [-0.3, -0.25) is 10.1 Å². The molecule has 2 aromatic heterocycles. The second-order valence-electron chi connectivity index (χ2n) is 9.60. The van der Waals surface area contributed by atoms with E-state index >= 15 is 0 Å². The lowest BCUT2D eigenvalue weighted by atomic mass is 10.0. The molecule has 188 valence electrons. The second-order valence-corrected chi connectivity index (χ2v) is 10.5. The highest BCUT2D eigenvalue weighted by Gasteiger charge is 2.21. The number of pyridine rings is 1. The summed E-state index contributed by atoms with van der Waals surface area (Å²) in [5, 5.41) is 11.2. The molecule has 2 N–H and O–H groups in total. The van der Waals surface area contributed by atoms with E-state index in [1.165, 1.54) is 6.07 Å². The highest BCUT2D eigenvalue weighted by molar-refractivity contribution is 9.10. The molecule has 0 aliphatic heterocycles. The van der Waals surface area contributed by atoms with Crippen LogP contribution in [0, 0.1) is 12.7 Å². The molecule has 0 fully saturated rings. The summed E-state index contributed by atoms with van der Waals surface area (Å²) in [6.07, 6.45) is 3.18. The van der Waals surface area contributed by atoms with E-state index in [0.29, 0.717) is 16.6 Å². The smallest absolute Gasteiger partial charge is 0.408 e. The van der Waals surface area contributed by atoms with Crippen molar-refractivity contribution in [2.75, 3.05) is 6.61 Å². The number of carbonyl (C=O) groups is 1. The molecule has 0 unspecified atom stereocenters. The number of aryl methyl sites for hydroxylation is 1. The number of hydrogen-bond acceptors (Lipinski definition) is 5. The maximum atomic E-state index is 14.1. The summed E-state index contributed by atoms with van der Waals surface area (Å²) in [6, 6.07) is 12.3. The van der Waals surface area contributed by atoms with Crippen molar-refractivity contribution in [2.24, 2.45) is 0 Å². The molecule has 0 saturated carbocycles. The molecular formula is C27H28BrFN4O3. The van der Waals surface area contributed by atoms with Crippen LogP contribution in [0.4, 0.5) is 9.18 Å². The first kappa shape index (κ1) is 25.6. The molecule has 4 aromatic rings. The largest absolute Gasteiger partial charge is 0.490 e. The van der Waals surface area contributed by atoms with Crippen LogP contribution in [0.2, 0.25) is 0 Å². The molecule has 4 rings (SSSR count). The lowest BCUT2D eigenvalue weighted by Gasteiger charge is -2.24. The normalized spacial score (nSPS) is 12.4. The van der Waals surface area contributed by atoms with Gasteiger partial charge in [0, 0.05) is 22.8 Å².